The third kappa shape index (κ3) is 3.94. The number of nitrogens with one attached hydrogen (secondary N) is 1. The maximum atomic E-state index is 4.34. The molecule has 1 aromatic heterocycles. The summed E-state index contributed by atoms with van der Waals surface area (Å²) in [5, 5.41) is 3.18. The number of rotatable bonds is 7. The smallest absolute Gasteiger partial charge is 0.122 e. The quantitative estimate of drug-likeness (QED) is 0.707. The zero-order valence-electron chi connectivity index (χ0n) is 10.9. The molecule has 0 amide bonds. The van der Waals surface area contributed by atoms with Crippen LogP contribution in [0.3, 0.4) is 0 Å². The second-order valence-electron chi connectivity index (χ2n) is 4.46. The highest BCUT2D eigenvalue weighted by Gasteiger charge is 2.11. The van der Waals surface area contributed by atoms with E-state index in [0.717, 1.165) is 18.9 Å². The van der Waals surface area contributed by atoms with Crippen LogP contribution in [0.2, 0.25) is 0 Å². The highest BCUT2D eigenvalue weighted by atomic mass is 15.2. The molecular weight excluding hydrogens is 200 g/mol. The molecule has 1 heterocycles. The van der Waals surface area contributed by atoms with Crippen molar-refractivity contribution in [3.63, 3.8) is 0 Å². The van der Waals surface area contributed by atoms with E-state index in [1.807, 2.05) is 26.5 Å². The Morgan fingerprint density at radius 1 is 1.56 bits per heavy atom. The van der Waals surface area contributed by atoms with Gasteiger partial charge in [-0.3, -0.25) is 4.90 Å². The second-order valence-corrected chi connectivity index (χ2v) is 4.46. The van der Waals surface area contributed by atoms with Crippen LogP contribution >= 0.6 is 0 Å². The summed E-state index contributed by atoms with van der Waals surface area (Å²) in [6, 6.07) is 0.602. The molecule has 0 saturated heterocycles. The van der Waals surface area contributed by atoms with Crippen molar-refractivity contribution >= 4 is 0 Å². The first-order valence-electron chi connectivity index (χ1n) is 5.96. The minimum absolute atomic E-state index is 0.602. The topological polar surface area (TPSA) is 33.1 Å². The number of hydrogen-bond donors (Lipinski definition) is 1. The van der Waals surface area contributed by atoms with Crippen molar-refractivity contribution in [3.05, 3.63) is 18.2 Å². The number of nitrogens with zero attached hydrogens (tertiary/aromatic N) is 3. The molecule has 0 saturated carbocycles. The van der Waals surface area contributed by atoms with E-state index in [2.05, 4.69) is 33.7 Å². The Bertz CT molecular complexity index is 295. The van der Waals surface area contributed by atoms with Gasteiger partial charge >= 0.3 is 0 Å². The minimum Gasteiger partial charge on any atom is -0.337 e. The number of aromatic nitrogens is 2. The first kappa shape index (κ1) is 13.2. The molecule has 4 heteroatoms. The van der Waals surface area contributed by atoms with Crippen molar-refractivity contribution < 1.29 is 0 Å². The van der Waals surface area contributed by atoms with E-state index in [0.29, 0.717) is 6.04 Å². The zero-order valence-corrected chi connectivity index (χ0v) is 10.9. The molecule has 16 heavy (non-hydrogen) atoms. The summed E-state index contributed by atoms with van der Waals surface area (Å²) in [5.74, 6) is 1.13. The average Bonchev–Trinajstić information content (AvgIpc) is 2.64. The first-order chi connectivity index (χ1) is 7.65. The van der Waals surface area contributed by atoms with E-state index in [9.17, 15) is 0 Å². The monoisotopic (exact) mass is 224 g/mol. The van der Waals surface area contributed by atoms with Crippen molar-refractivity contribution in [3.8, 4) is 0 Å². The fourth-order valence-corrected chi connectivity index (χ4v) is 1.72. The Morgan fingerprint density at radius 2 is 2.31 bits per heavy atom. The van der Waals surface area contributed by atoms with Gasteiger partial charge in [-0.15, -0.1) is 0 Å². The molecule has 0 aliphatic carbocycles. The predicted molar refractivity (Wildman–Crippen MR) is 67.3 cm³/mol. The van der Waals surface area contributed by atoms with Crippen molar-refractivity contribution in [1.29, 1.82) is 0 Å². The molecule has 4 nitrogen and oxygen atoms in total. The molecule has 0 aliphatic rings. The number of aryl methyl sites for hydroxylation is 1. The van der Waals surface area contributed by atoms with Crippen LogP contribution in [0, 0.1) is 0 Å². The summed E-state index contributed by atoms with van der Waals surface area (Å²) in [4.78, 5) is 6.70. The molecular formula is C12H24N4. The Labute approximate surface area is 98.7 Å². The molecule has 1 aromatic rings. The second kappa shape index (κ2) is 6.66. The van der Waals surface area contributed by atoms with Gasteiger partial charge < -0.3 is 9.88 Å². The van der Waals surface area contributed by atoms with Crippen LogP contribution in [0.1, 0.15) is 25.6 Å². The molecule has 0 aromatic carbocycles. The van der Waals surface area contributed by atoms with Gasteiger partial charge in [-0.2, -0.15) is 0 Å². The van der Waals surface area contributed by atoms with Crippen molar-refractivity contribution in [2.45, 2.75) is 32.4 Å². The van der Waals surface area contributed by atoms with Crippen molar-refractivity contribution in [2.75, 3.05) is 20.6 Å². The summed E-state index contributed by atoms with van der Waals surface area (Å²) in [6.07, 6.45) is 6.30. The van der Waals surface area contributed by atoms with Gasteiger partial charge in [0, 0.05) is 25.5 Å². The lowest BCUT2D eigenvalue weighted by molar-refractivity contribution is 0.227. The fourth-order valence-electron chi connectivity index (χ4n) is 1.72. The normalized spacial score (nSPS) is 13.3. The van der Waals surface area contributed by atoms with Gasteiger partial charge in [-0.25, -0.2) is 4.98 Å². The lowest BCUT2D eigenvalue weighted by Crippen LogP contribution is -2.30. The molecule has 92 valence electrons. The van der Waals surface area contributed by atoms with E-state index in [4.69, 9.17) is 0 Å². The summed E-state index contributed by atoms with van der Waals surface area (Å²) in [6.45, 7) is 4.30. The van der Waals surface area contributed by atoms with E-state index in [1.54, 1.807) is 0 Å². The molecule has 1 atom stereocenters. The SMILES string of the molecule is CNCCCC(C)N(C)Cc1nccn1C. The van der Waals surface area contributed by atoms with Crippen LogP contribution < -0.4 is 5.32 Å². The van der Waals surface area contributed by atoms with Crippen LogP contribution in [-0.4, -0.2) is 41.1 Å². The average molecular weight is 224 g/mol. The maximum absolute atomic E-state index is 4.34. The predicted octanol–water partition coefficient (Wildman–Crippen LogP) is 1.24. The third-order valence-electron chi connectivity index (χ3n) is 3.11. The molecule has 0 radical (unpaired) electrons. The van der Waals surface area contributed by atoms with E-state index in [1.165, 1.54) is 12.8 Å². The van der Waals surface area contributed by atoms with E-state index < -0.39 is 0 Å². The molecule has 0 fully saturated rings. The van der Waals surface area contributed by atoms with Gasteiger partial charge in [-0.1, -0.05) is 0 Å². The molecule has 0 bridgehead atoms. The van der Waals surface area contributed by atoms with Gasteiger partial charge in [-0.05, 0) is 40.4 Å². The highest BCUT2D eigenvalue weighted by Crippen LogP contribution is 2.08. The summed E-state index contributed by atoms with van der Waals surface area (Å²) in [5.41, 5.74) is 0. The van der Waals surface area contributed by atoms with Gasteiger partial charge in [0.1, 0.15) is 5.82 Å². The number of imidazole rings is 1. The van der Waals surface area contributed by atoms with Crippen LogP contribution in [0.25, 0.3) is 0 Å². The summed E-state index contributed by atoms with van der Waals surface area (Å²) >= 11 is 0. The maximum Gasteiger partial charge on any atom is 0.122 e. The van der Waals surface area contributed by atoms with Crippen LogP contribution in [-0.2, 0) is 13.6 Å². The van der Waals surface area contributed by atoms with E-state index >= 15 is 0 Å². The van der Waals surface area contributed by atoms with Crippen LogP contribution in [0.4, 0.5) is 0 Å². The molecule has 1 rings (SSSR count). The van der Waals surface area contributed by atoms with Crippen LogP contribution in [0.5, 0.6) is 0 Å². The Morgan fingerprint density at radius 3 is 2.88 bits per heavy atom. The summed E-state index contributed by atoms with van der Waals surface area (Å²) in [7, 11) is 6.21. The molecule has 1 unspecified atom stereocenters. The van der Waals surface area contributed by atoms with Gasteiger partial charge in [0.15, 0.2) is 0 Å². The lowest BCUT2D eigenvalue weighted by Gasteiger charge is -2.24. The Kier molecular flexibility index (Phi) is 5.49. The van der Waals surface area contributed by atoms with Gasteiger partial charge in [0.25, 0.3) is 0 Å². The van der Waals surface area contributed by atoms with Crippen molar-refractivity contribution in [2.24, 2.45) is 7.05 Å². The van der Waals surface area contributed by atoms with Crippen molar-refractivity contribution in [1.82, 2.24) is 19.8 Å². The molecule has 0 aliphatic heterocycles. The zero-order chi connectivity index (χ0) is 12.0. The Balaban J connectivity index is 2.34. The molecule has 1 N–H and O–H groups in total. The summed E-state index contributed by atoms with van der Waals surface area (Å²) < 4.78 is 2.08. The largest absolute Gasteiger partial charge is 0.337 e. The number of hydrogen-bond acceptors (Lipinski definition) is 3. The minimum atomic E-state index is 0.602. The third-order valence-corrected chi connectivity index (χ3v) is 3.11. The fraction of sp³-hybridized carbons (Fsp3) is 0.750. The Hall–Kier alpha value is -0.870. The van der Waals surface area contributed by atoms with Crippen LogP contribution in [0.15, 0.2) is 12.4 Å². The standard InChI is InChI=1S/C12H24N4/c1-11(6-5-7-13-2)16(4)10-12-14-8-9-15(12)3/h8-9,11,13H,5-7,10H2,1-4H3. The highest BCUT2D eigenvalue weighted by molar-refractivity contribution is 4.91. The van der Waals surface area contributed by atoms with Gasteiger partial charge in [0.05, 0.1) is 6.54 Å². The van der Waals surface area contributed by atoms with E-state index in [-0.39, 0.29) is 0 Å². The lowest BCUT2D eigenvalue weighted by atomic mass is 10.1. The van der Waals surface area contributed by atoms with Gasteiger partial charge in [0.2, 0.25) is 0 Å². The molecule has 0 spiro atoms. The first-order valence-corrected chi connectivity index (χ1v) is 5.96.